The minimum absolute atomic E-state index is 0.0404. The molecule has 0 aromatic heterocycles. The van der Waals surface area contributed by atoms with Crippen molar-refractivity contribution in [2.45, 2.75) is 60.6 Å². The predicted molar refractivity (Wildman–Crippen MR) is 71.6 cm³/mol. The molecule has 0 aliphatic heterocycles. The molecule has 0 spiro atoms. The van der Waals surface area contributed by atoms with Crippen LogP contribution in [0.15, 0.2) is 0 Å². The Hall–Kier alpha value is -0.210. The molecule has 2 fully saturated rings. The summed E-state index contributed by atoms with van der Waals surface area (Å²) >= 11 is 0. The van der Waals surface area contributed by atoms with Gasteiger partial charge in [-0.15, -0.1) is 0 Å². The Morgan fingerprint density at radius 1 is 0.737 bits per heavy atom. The van der Waals surface area contributed by atoms with E-state index < -0.39 is 12.1 Å². The Kier molecular flexibility index (Phi) is 3.31. The molecule has 2 aliphatic rings. The fraction of sp³-hybridized carbons (Fsp3) is 1.00. The summed E-state index contributed by atoms with van der Waals surface area (Å²) in [6.45, 7) is 12.9. The lowest BCUT2D eigenvalue weighted by Crippen LogP contribution is -2.45. The number of alkyl halides is 3. The first kappa shape index (κ1) is 15.2. The smallest absolute Gasteiger partial charge is 0.171 e. The van der Waals surface area contributed by atoms with Gasteiger partial charge in [0.1, 0.15) is 0 Å². The fourth-order valence-electron chi connectivity index (χ4n) is 5.16. The van der Waals surface area contributed by atoms with E-state index >= 15 is 0 Å². The number of rotatable bonds is 0. The zero-order valence-electron chi connectivity index (χ0n) is 12.9. The molecule has 0 N–H and O–H groups in total. The van der Waals surface area contributed by atoms with Gasteiger partial charge in [0.2, 0.25) is 0 Å². The molecule has 5 atom stereocenters. The summed E-state index contributed by atoms with van der Waals surface area (Å²) in [4.78, 5) is 0. The van der Waals surface area contributed by atoms with Crippen molar-refractivity contribution in [2.24, 2.45) is 40.4 Å². The topological polar surface area (TPSA) is 0 Å². The van der Waals surface area contributed by atoms with Gasteiger partial charge in [0, 0.05) is 0 Å². The zero-order chi connectivity index (χ0) is 14.8. The molecule has 19 heavy (non-hydrogen) atoms. The van der Waals surface area contributed by atoms with Gasteiger partial charge < -0.3 is 0 Å². The molecule has 2 rings (SSSR count). The van der Waals surface area contributed by atoms with Gasteiger partial charge in [-0.2, -0.15) is 13.2 Å². The van der Waals surface area contributed by atoms with Crippen molar-refractivity contribution in [1.29, 1.82) is 0 Å². The third-order valence-electron chi connectivity index (χ3n) is 5.42. The molecule has 0 radical (unpaired) electrons. The summed E-state index contributed by atoms with van der Waals surface area (Å²) in [6, 6.07) is 0. The minimum atomic E-state index is -4.01. The molecule has 0 heterocycles. The van der Waals surface area contributed by atoms with Crippen LogP contribution in [0.5, 0.6) is 0 Å². The van der Waals surface area contributed by atoms with Crippen LogP contribution in [0.4, 0.5) is 13.2 Å². The van der Waals surface area contributed by atoms with E-state index in [1.54, 1.807) is 0 Å². The van der Waals surface area contributed by atoms with Crippen molar-refractivity contribution in [3.8, 4) is 0 Å². The predicted octanol–water partition coefficient (Wildman–Crippen LogP) is 5.53. The lowest BCUT2D eigenvalue weighted by molar-refractivity contribution is -0.203. The lowest BCUT2D eigenvalue weighted by Gasteiger charge is -2.48. The van der Waals surface area contributed by atoms with Crippen LogP contribution in [0.2, 0.25) is 0 Å². The molecular weight excluding hydrogens is 249 g/mol. The monoisotopic (exact) mass is 276 g/mol. The molecule has 2 aliphatic carbocycles. The van der Waals surface area contributed by atoms with Crippen molar-refractivity contribution in [2.75, 3.05) is 0 Å². The van der Waals surface area contributed by atoms with Crippen molar-refractivity contribution in [3.05, 3.63) is 0 Å². The average Bonchev–Trinajstić information content (AvgIpc) is 2.68. The zero-order valence-corrected chi connectivity index (χ0v) is 12.9. The summed E-state index contributed by atoms with van der Waals surface area (Å²) < 4.78 is 39.6. The third kappa shape index (κ3) is 2.54. The van der Waals surface area contributed by atoms with E-state index in [0.29, 0.717) is 12.3 Å². The maximum atomic E-state index is 13.2. The highest BCUT2D eigenvalue weighted by Gasteiger charge is 2.63. The van der Waals surface area contributed by atoms with Gasteiger partial charge in [0.15, 0.2) is 0 Å². The van der Waals surface area contributed by atoms with E-state index in [2.05, 4.69) is 41.5 Å². The molecule has 0 aromatic rings. The van der Waals surface area contributed by atoms with Gasteiger partial charge in [0.25, 0.3) is 0 Å². The van der Waals surface area contributed by atoms with Crippen molar-refractivity contribution >= 4 is 0 Å². The highest BCUT2D eigenvalue weighted by atomic mass is 19.4. The summed E-state index contributed by atoms with van der Waals surface area (Å²) in [6.07, 6.45) is -2.86. The van der Waals surface area contributed by atoms with Gasteiger partial charge in [-0.25, -0.2) is 0 Å². The van der Waals surface area contributed by atoms with Crippen molar-refractivity contribution in [1.82, 2.24) is 0 Å². The Labute approximate surface area is 115 Å². The molecule has 0 nitrogen and oxygen atoms in total. The van der Waals surface area contributed by atoms with E-state index in [0.717, 1.165) is 6.42 Å². The van der Waals surface area contributed by atoms with Crippen molar-refractivity contribution in [3.63, 3.8) is 0 Å². The molecule has 5 unspecified atom stereocenters. The molecule has 2 saturated carbocycles. The summed E-state index contributed by atoms with van der Waals surface area (Å²) in [5.41, 5.74) is 0.0647. The van der Waals surface area contributed by atoms with Gasteiger partial charge in [0.05, 0.1) is 5.92 Å². The first-order valence-electron chi connectivity index (χ1n) is 7.40. The van der Waals surface area contributed by atoms with E-state index in [4.69, 9.17) is 0 Å². The van der Waals surface area contributed by atoms with E-state index in [1.807, 2.05) is 0 Å². The van der Waals surface area contributed by atoms with Crippen LogP contribution in [-0.4, -0.2) is 6.18 Å². The van der Waals surface area contributed by atoms with E-state index in [1.165, 1.54) is 0 Å². The second kappa shape index (κ2) is 4.14. The second-order valence-corrected chi connectivity index (χ2v) is 8.83. The lowest BCUT2D eigenvalue weighted by atomic mass is 9.57. The van der Waals surface area contributed by atoms with Gasteiger partial charge in [-0.3, -0.25) is 0 Å². The number of halogens is 3. The first-order chi connectivity index (χ1) is 8.33. The van der Waals surface area contributed by atoms with Crippen LogP contribution < -0.4 is 0 Å². The number of fused-ring (bicyclic) bond motifs is 2. The van der Waals surface area contributed by atoms with Gasteiger partial charge in [-0.05, 0) is 47.3 Å². The molecular formula is C16H27F3. The molecule has 0 amide bonds. The van der Waals surface area contributed by atoms with Gasteiger partial charge >= 0.3 is 6.18 Å². The Bertz CT molecular complexity index is 342. The van der Waals surface area contributed by atoms with Gasteiger partial charge in [-0.1, -0.05) is 41.5 Å². The number of hydrogen-bond acceptors (Lipinski definition) is 0. The maximum absolute atomic E-state index is 13.2. The highest BCUT2D eigenvalue weighted by Crippen LogP contribution is 2.66. The summed E-state index contributed by atoms with van der Waals surface area (Å²) in [7, 11) is 0. The largest absolute Gasteiger partial charge is 0.392 e. The molecule has 0 saturated heterocycles. The SMILES string of the molecule is CC(C)(C)C1C2CC(C1C(C)(C)C)C(C(F)(F)F)C2. The van der Waals surface area contributed by atoms with Crippen LogP contribution in [-0.2, 0) is 0 Å². The minimum Gasteiger partial charge on any atom is -0.171 e. The van der Waals surface area contributed by atoms with Crippen LogP contribution in [0.1, 0.15) is 54.4 Å². The fourth-order valence-corrected chi connectivity index (χ4v) is 5.16. The van der Waals surface area contributed by atoms with Crippen LogP contribution >= 0.6 is 0 Å². The summed E-state index contributed by atoms with van der Waals surface area (Å²) in [5, 5.41) is 0. The molecule has 3 heteroatoms. The molecule has 0 aromatic carbocycles. The van der Waals surface area contributed by atoms with Crippen LogP contribution in [0.25, 0.3) is 0 Å². The standard InChI is InChI=1S/C16H27F3/c1-14(2,3)12-9-7-10(13(12)15(4,5)6)11(8-9)16(17,18)19/h9-13H,7-8H2,1-6H3. The maximum Gasteiger partial charge on any atom is 0.392 e. The molecule has 112 valence electrons. The van der Waals surface area contributed by atoms with Crippen LogP contribution in [0.3, 0.4) is 0 Å². The Balaban J connectivity index is 2.35. The Morgan fingerprint density at radius 3 is 1.58 bits per heavy atom. The second-order valence-electron chi connectivity index (χ2n) is 8.83. The highest BCUT2D eigenvalue weighted by molar-refractivity contribution is 5.08. The first-order valence-corrected chi connectivity index (χ1v) is 7.40. The number of hydrogen-bond donors (Lipinski definition) is 0. The van der Waals surface area contributed by atoms with Crippen LogP contribution in [0, 0.1) is 40.4 Å². The average molecular weight is 276 g/mol. The Morgan fingerprint density at radius 2 is 1.21 bits per heavy atom. The normalized spacial score (nSPS) is 39.9. The molecule has 2 bridgehead atoms. The van der Waals surface area contributed by atoms with E-state index in [9.17, 15) is 13.2 Å². The van der Waals surface area contributed by atoms with Crippen molar-refractivity contribution < 1.29 is 13.2 Å². The van der Waals surface area contributed by atoms with E-state index in [-0.39, 0.29) is 28.6 Å². The summed E-state index contributed by atoms with van der Waals surface area (Å²) in [5.74, 6) is -0.329. The quantitative estimate of drug-likeness (QED) is 0.545. The third-order valence-corrected chi connectivity index (χ3v) is 5.42.